The quantitative estimate of drug-likeness (QED) is 0.898. The molecule has 1 heterocycles. The van der Waals surface area contributed by atoms with Crippen LogP contribution in [0.1, 0.15) is 37.1 Å². The van der Waals surface area contributed by atoms with Crippen molar-refractivity contribution in [2.75, 3.05) is 27.3 Å². The fourth-order valence-corrected chi connectivity index (χ4v) is 2.86. The van der Waals surface area contributed by atoms with E-state index < -0.39 is 6.17 Å². The van der Waals surface area contributed by atoms with E-state index in [1.807, 2.05) is 6.07 Å². The molecule has 0 radical (unpaired) electrons. The van der Waals surface area contributed by atoms with E-state index in [1.165, 1.54) is 19.8 Å². The van der Waals surface area contributed by atoms with Gasteiger partial charge in [-0.25, -0.2) is 4.39 Å². The highest BCUT2D eigenvalue weighted by Crippen LogP contribution is 2.35. The van der Waals surface area contributed by atoms with Gasteiger partial charge in [-0.3, -0.25) is 0 Å². The lowest BCUT2D eigenvalue weighted by atomic mass is 9.91. The number of methoxy groups -OCH3 is 2. The molecule has 4 heteroatoms. The Morgan fingerprint density at radius 3 is 2.60 bits per heavy atom. The Balaban J connectivity index is 2.26. The van der Waals surface area contributed by atoms with Crippen molar-refractivity contribution in [3.05, 3.63) is 23.3 Å². The van der Waals surface area contributed by atoms with E-state index in [2.05, 4.69) is 5.32 Å². The zero-order chi connectivity index (χ0) is 14.5. The van der Waals surface area contributed by atoms with Gasteiger partial charge in [0.05, 0.1) is 14.2 Å². The van der Waals surface area contributed by atoms with Crippen molar-refractivity contribution in [3.63, 3.8) is 0 Å². The van der Waals surface area contributed by atoms with Gasteiger partial charge in [-0.05, 0) is 62.9 Å². The summed E-state index contributed by atoms with van der Waals surface area (Å²) in [6.45, 7) is 3.66. The van der Waals surface area contributed by atoms with Crippen LogP contribution in [-0.2, 0) is 6.42 Å². The van der Waals surface area contributed by atoms with Gasteiger partial charge in [-0.1, -0.05) is 0 Å². The zero-order valence-corrected chi connectivity index (χ0v) is 12.5. The Morgan fingerprint density at radius 1 is 1.30 bits per heavy atom. The summed E-state index contributed by atoms with van der Waals surface area (Å²) in [5, 5.41) is 3.42. The van der Waals surface area contributed by atoms with Crippen LogP contribution in [0.4, 0.5) is 4.39 Å². The van der Waals surface area contributed by atoms with Crippen molar-refractivity contribution in [2.24, 2.45) is 5.92 Å². The third-order valence-electron chi connectivity index (χ3n) is 3.97. The summed E-state index contributed by atoms with van der Waals surface area (Å²) in [4.78, 5) is 0. The molecule has 1 N–H and O–H groups in total. The first-order valence-electron chi connectivity index (χ1n) is 7.25. The number of ether oxygens (including phenoxy) is 2. The lowest BCUT2D eigenvalue weighted by Crippen LogP contribution is -2.30. The predicted molar refractivity (Wildman–Crippen MR) is 78.4 cm³/mol. The maximum absolute atomic E-state index is 13.6. The van der Waals surface area contributed by atoms with Gasteiger partial charge in [0.1, 0.15) is 17.7 Å². The normalized spacial score (nSPS) is 20.5. The van der Waals surface area contributed by atoms with Gasteiger partial charge in [-0.2, -0.15) is 0 Å². The van der Waals surface area contributed by atoms with Gasteiger partial charge in [-0.15, -0.1) is 0 Å². The van der Waals surface area contributed by atoms with Crippen LogP contribution in [0.3, 0.4) is 0 Å². The van der Waals surface area contributed by atoms with E-state index >= 15 is 0 Å². The number of halogens is 1. The summed E-state index contributed by atoms with van der Waals surface area (Å²) < 4.78 is 24.4. The number of piperidine rings is 1. The average molecular weight is 281 g/mol. The Labute approximate surface area is 120 Å². The molecule has 2 atom stereocenters. The molecule has 1 aromatic carbocycles. The van der Waals surface area contributed by atoms with E-state index in [0.717, 1.165) is 30.8 Å². The summed E-state index contributed by atoms with van der Waals surface area (Å²) in [7, 11) is 3.22. The van der Waals surface area contributed by atoms with Crippen molar-refractivity contribution < 1.29 is 13.9 Å². The molecule has 1 aromatic rings. The third-order valence-corrected chi connectivity index (χ3v) is 3.97. The molecule has 0 amide bonds. The van der Waals surface area contributed by atoms with Crippen molar-refractivity contribution in [2.45, 2.75) is 32.4 Å². The average Bonchev–Trinajstić information content (AvgIpc) is 2.47. The Hall–Kier alpha value is -1.29. The number of nitrogens with one attached hydrogen (secondary N) is 1. The largest absolute Gasteiger partial charge is 0.496 e. The molecule has 2 rings (SSSR count). The number of hydrogen-bond acceptors (Lipinski definition) is 3. The molecule has 0 bridgehead atoms. The lowest BCUT2D eigenvalue weighted by molar-refractivity contribution is 0.338. The van der Waals surface area contributed by atoms with Crippen LogP contribution in [0.15, 0.2) is 12.1 Å². The molecule has 1 aliphatic heterocycles. The van der Waals surface area contributed by atoms with E-state index in [1.54, 1.807) is 20.3 Å². The van der Waals surface area contributed by atoms with Crippen molar-refractivity contribution in [1.82, 2.24) is 5.32 Å². The maximum Gasteiger partial charge on any atom is 0.126 e. The summed E-state index contributed by atoms with van der Waals surface area (Å²) in [6, 6.07) is 3.70. The van der Waals surface area contributed by atoms with E-state index in [4.69, 9.17) is 9.47 Å². The predicted octanol–water partition coefficient (Wildman–Crippen LogP) is 3.28. The summed E-state index contributed by atoms with van der Waals surface area (Å²) in [6.07, 6.45) is 2.31. The minimum atomic E-state index is -1.07. The van der Waals surface area contributed by atoms with E-state index in [-0.39, 0.29) is 0 Å². The Kier molecular flexibility index (Phi) is 5.24. The second-order valence-electron chi connectivity index (χ2n) is 5.44. The first-order valence-corrected chi connectivity index (χ1v) is 7.25. The van der Waals surface area contributed by atoms with Crippen LogP contribution in [0.2, 0.25) is 0 Å². The summed E-state index contributed by atoms with van der Waals surface area (Å²) >= 11 is 0. The first kappa shape index (κ1) is 15.1. The number of hydrogen-bond donors (Lipinski definition) is 1. The van der Waals surface area contributed by atoms with Crippen LogP contribution < -0.4 is 14.8 Å². The first-order chi connectivity index (χ1) is 9.65. The zero-order valence-electron chi connectivity index (χ0n) is 12.5. The molecule has 0 saturated carbocycles. The van der Waals surface area contributed by atoms with Gasteiger partial charge in [0.15, 0.2) is 0 Å². The minimum absolute atomic E-state index is 0.551. The van der Waals surface area contributed by atoms with Gasteiger partial charge in [0, 0.05) is 5.56 Å². The maximum atomic E-state index is 13.6. The highest BCUT2D eigenvalue weighted by Gasteiger charge is 2.19. The van der Waals surface area contributed by atoms with Gasteiger partial charge < -0.3 is 14.8 Å². The molecule has 0 aromatic heterocycles. The monoisotopic (exact) mass is 281 g/mol. The van der Waals surface area contributed by atoms with Gasteiger partial charge >= 0.3 is 0 Å². The van der Waals surface area contributed by atoms with Crippen LogP contribution in [0.5, 0.6) is 11.5 Å². The molecular weight excluding hydrogens is 257 g/mol. The molecule has 1 saturated heterocycles. The molecule has 1 fully saturated rings. The Morgan fingerprint density at radius 2 is 2.05 bits per heavy atom. The third kappa shape index (κ3) is 3.42. The van der Waals surface area contributed by atoms with Crippen LogP contribution in [0.25, 0.3) is 0 Å². The summed E-state index contributed by atoms with van der Waals surface area (Å²) in [5.74, 6) is 1.98. The molecule has 1 aliphatic rings. The molecule has 0 spiro atoms. The fourth-order valence-electron chi connectivity index (χ4n) is 2.86. The Bertz CT molecular complexity index is 442. The van der Waals surface area contributed by atoms with E-state index in [9.17, 15) is 4.39 Å². The second kappa shape index (κ2) is 6.93. The molecular formula is C16H24FNO2. The van der Waals surface area contributed by atoms with E-state index in [0.29, 0.717) is 17.2 Å². The minimum Gasteiger partial charge on any atom is -0.496 e. The number of alkyl halides is 1. The second-order valence-corrected chi connectivity index (χ2v) is 5.44. The van der Waals surface area contributed by atoms with Gasteiger partial charge in [0.2, 0.25) is 0 Å². The molecule has 20 heavy (non-hydrogen) atoms. The number of benzene rings is 1. The van der Waals surface area contributed by atoms with Crippen molar-refractivity contribution in [1.29, 1.82) is 0 Å². The van der Waals surface area contributed by atoms with Crippen LogP contribution in [-0.4, -0.2) is 27.3 Å². The molecule has 2 unspecified atom stereocenters. The topological polar surface area (TPSA) is 30.5 Å². The molecule has 3 nitrogen and oxygen atoms in total. The summed E-state index contributed by atoms with van der Waals surface area (Å²) in [5.41, 5.74) is 1.65. The van der Waals surface area contributed by atoms with Gasteiger partial charge in [0.25, 0.3) is 0 Å². The molecule has 0 aliphatic carbocycles. The highest BCUT2D eigenvalue weighted by molar-refractivity contribution is 5.47. The lowest BCUT2D eigenvalue weighted by Gasteiger charge is -2.24. The number of rotatable bonds is 5. The highest BCUT2D eigenvalue weighted by atomic mass is 19.1. The smallest absolute Gasteiger partial charge is 0.126 e. The standard InChI is InChI=1S/C16H24FNO2/c1-11(17)14-9-15(19-2)13(8-16(14)20-3)7-12-5-4-6-18-10-12/h8-9,11-12,18H,4-7,10H2,1-3H3. The molecule has 112 valence electrons. The van der Waals surface area contributed by atoms with Crippen LogP contribution >= 0.6 is 0 Å². The van der Waals surface area contributed by atoms with Crippen molar-refractivity contribution in [3.8, 4) is 11.5 Å². The SMILES string of the molecule is COc1cc(C(C)F)c(OC)cc1CC1CCCNC1. The van der Waals surface area contributed by atoms with Crippen molar-refractivity contribution >= 4 is 0 Å². The van der Waals surface area contributed by atoms with Crippen LogP contribution in [0, 0.1) is 5.92 Å². The fraction of sp³-hybridized carbons (Fsp3) is 0.625.